The van der Waals surface area contributed by atoms with Crippen molar-refractivity contribution in [3.05, 3.63) is 88.2 Å². The molecule has 0 atom stereocenters. The fraction of sp³-hybridized carbons (Fsp3) is 0.160. The average Bonchev–Trinajstić information content (AvgIpc) is 2.81. The zero-order valence-corrected chi connectivity index (χ0v) is 19.2. The summed E-state index contributed by atoms with van der Waals surface area (Å²) in [4.78, 5) is 13.0. The van der Waals surface area contributed by atoms with E-state index in [1.165, 1.54) is 50.7 Å². The Hall–Kier alpha value is -3.78. The van der Waals surface area contributed by atoms with E-state index in [-0.39, 0.29) is 20.9 Å². The van der Waals surface area contributed by atoms with E-state index in [4.69, 9.17) is 9.47 Å². The number of methoxy groups -OCH3 is 2. The van der Waals surface area contributed by atoms with Gasteiger partial charge in [0.2, 0.25) is 15.3 Å². The first-order chi connectivity index (χ1) is 15.8. The molecule has 0 fully saturated rings. The molecule has 0 unspecified atom stereocenters. The van der Waals surface area contributed by atoms with Crippen LogP contribution in [-0.4, -0.2) is 32.3 Å². The highest BCUT2D eigenvalue weighted by molar-refractivity contribution is 7.91. The molecular weight excluding hydrogens is 442 g/mol. The van der Waals surface area contributed by atoms with Gasteiger partial charge in [-0.3, -0.25) is 4.79 Å². The molecule has 170 valence electrons. The highest BCUT2D eigenvalue weighted by atomic mass is 32.2. The van der Waals surface area contributed by atoms with Gasteiger partial charge in [0, 0.05) is 18.8 Å². The third-order valence-electron chi connectivity index (χ3n) is 5.59. The van der Waals surface area contributed by atoms with Crippen LogP contribution in [0, 0.1) is 6.92 Å². The zero-order chi connectivity index (χ0) is 23.8. The topological polar surface area (TPSA) is 94.8 Å². The number of phenolic OH excluding ortho intramolecular Hbond substituents is 1. The number of aromatic hydroxyl groups is 1. The van der Waals surface area contributed by atoms with Crippen molar-refractivity contribution in [2.24, 2.45) is 0 Å². The van der Waals surface area contributed by atoms with Gasteiger partial charge in [0.05, 0.1) is 30.0 Å². The fourth-order valence-corrected chi connectivity index (χ4v) is 5.10. The van der Waals surface area contributed by atoms with Gasteiger partial charge < -0.3 is 19.1 Å². The Morgan fingerprint density at radius 3 is 2.21 bits per heavy atom. The maximum absolute atomic E-state index is 13.4. The molecule has 3 aromatic carbocycles. The van der Waals surface area contributed by atoms with Gasteiger partial charge in [0.15, 0.2) is 11.5 Å². The number of nitrogens with zero attached hydrogens (tertiary/aromatic N) is 1. The van der Waals surface area contributed by atoms with Gasteiger partial charge in [-0.2, -0.15) is 0 Å². The Balaban J connectivity index is 2.04. The van der Waals surface area contributed by atoms with E-state index in [1.807, 2.05) is 31.2 Å². The minimum absolute atomic E-state index is 0.0683. The maximum Gasteiger partial charge on any atom is 0.211 e. The van der Waals surface area contributed by atoms with E-state index < -0.39 is 15.3 Å². The summed E-state index contributed by atoms with van der Waals surface area (Å²) in [6.45, 7) is 2.31. The first kappa shape index (κ1) is 22.4. The summed E-state index contributed by atoms with van der Waals surface area (Å²) in [5.41, 5.74) is 1.89. The van der Waals surface area contributed by atoms with Gasteiger partial charge in [-0.05, 0) is 48.4 Å². The third kappa shape index (κ3) is 4.05. The molecule has 1 heterocycles. The lowest BCUT2D eigenvalue weighted by Crippen LogP contribution is -2.20. The summed E-state index contributed by atoms with van der Waals surface area (Å²) in [6.07, 6.45) is 1.37. The lowest BCUT2D eigenvalue weighted by atomic mass is 10.1. The molecule has 0 bridgehead atoms. The third-order valence-corrected chi connectivity index (χ3v) is 7.35. The van der Waals surface area contributed by atoms with Crippen LogP contribution in [0.5, 0.6) is 17.2 Å². The second-order valence-electron chi connectivity index (χ2n) is 7.60. The summed E-state index contributed by atoms with van der Waals surface area (Å²) in [7, 11) is -1.21. The van der Waals surface area contributed by atoms with Crippen molar-refractivity contribution in [1.82, 2.24) is 4.57 Å². The van der Waals surface area contributed by atoms with Crippen LogP contribution in [0.25, 0.3) is 10.9 Å². The summed E-state index contributed by atoms with van der Waals surface area (Å²) in [5.74, 6) is 0.682. The number of rotatable bonds is 6. The summed E-state index contributed by atoms with van der Waals surface area (Å²) in [6, 6.07) is 16.0. The molecule has 0 spiro atoms. The Bertz CT molecular complexity index is 1500. The van der Waals surface area contributed by atoms with Crippen LogP contribution in [0.2, 0.25) is 0 Å². The summed E-state index contributed by atoms with van der Waals surface area (Å²) in [5, 5.41) is 9.74. The van der Waals surface area contributed by atoms with Gasteiger partial charge in [-0.1, -0.05) is 24.3 Å². The molecule has 4 rings (SSSR count). The summed E-state index contributed by atoms with van der Waals surface area (Å²) < 4.78 is 39.3. The van der Waals surface area contributed by atoms with Gasteiger partial charge >= 0.3 is 0 Å². The largest absolute Gasteiger partial charge is 0.508 e. The number of hydrogen-bond acceptors (Lipinski definition) is 6. The molecule has 33 heavy (non-hydrogen) atoms. The number of sulfone groups is 1. The molecule has 0 saturated heterocycles. The van der Waals surface area contributed by atoms with Crippen LogP contribution in [0.4, 0.5) is 0 Å². The van der Waals surface area contributed by atoms with Crippen LogP contribution in [0.1, 0.15) is 11.1 Å². The zero-order valence-electron chi connectivity index (χ0n) is 18.4. The van der Waals surface area contributed by atoms with Crippen molar-refractivity contribution in [3.8, 4) is 17.2 Å². The Kier molecular flexibility index (Phi) is 5.86. The molecule has 0 saturated carbocycles. The summed E-state index contributed by atoms with van der Waals surface area (Å²) >= 11 is 0. The normalized spacial score (nSPS) is 11.5. The van der Waals surface area contributed by atoms with Crippen LogP contribution < -0.4 is 14.9 Å². The van der Waals surface area contributed by atoms with Gasteiger partial charge in [-0.25, -0.2) is 8.42 Å². The van der Waals surface area contributed by atoms with Gasteiger partial charge in [0.1, 0.15) is 10.6 Å². The van der Waals surface area contributed by atoms with Crippen molar-refractivity contribution < 1.29 is 23.0 Å². The van der Waals surface area contributed by atoms with E-state index in [9.17, 15) is 18.3 Å². The monoisotopic (exact) mass is 465 g/mol. The lowest BCUT2D eigenvalue weighted by molar-refractivity contribution is 0.355. The van der Waals surface area contributed by atoms with Crippen LogP contribution in [-0.2, 0) is 16.4 Å². The Labute approximate surface area is 191 Å². The number of pyridine rings is 1. The molecule has 7 nitrogen and oxygen atoms in total. The van der Waals surface area contributed by atoms with Crippen molar-refractivity contribution in [3.63, 3.8) is 0 Å². The lowest BCUT2D eigenvalue weighted by Gasteiger charge is -2.17. The number of fused-ring (bicyclic) bond motifs is 1. The van der Waals surface area contributed by atoms with Gasteiger partial charge in [-0.15, -0.1) is 0 Å². The van der Waals surface area contributed by atoms with E-state index in [0.717, 1.165) is 11.1 Å². The van der Waals surface area contributed by atoms with Crippen molar-refractivity contribution in [1.29, 1.82) is 0 Å². The number of benzene rings is 3. The molecule has 0 aliphatic carbocycles. The fourth-order valence-electron chi connectivity index (χ4n) is 3.74. The molecule has 1 aromatic heterocycles. The molecular formula is C25H23NO6S. The number of hydrogen-bond donors (Lipinski definition) is 1. The molecule has 1 N–H and O–H groups in total. The average molecular weight is 466 g/mol. The van der Waals surface area contributed by atoms with Crippen LogP contribution in [0.15, 0.2) is 81.4 Å². The first-order valence-electron chi connectivity index (χ1n) is 10.1. The minimum atomic E-state index is -4.15. The number of ether oxygens (including phenoxy) is 2. The second kappa shape index (κ2) is 8.63. The molecule has 8 heteroatoms. The molecule has 0 aliphatic heterocycles. The van der Waals surface area contributed by atoms with E-state index in [1.54, 1.807) is 10.6 Å². The predicted molar refractivity (Wildman–Crippen MR) is 125 cm³/mol. The molecule has 0 amide bonds. The number of phenols is 1. The van der Waals surface area contributed by atoms with Crippen molar-refractivity contribution in [2.45, 2.75) is 23.3 Å². The van der Waals surface area contributed by atoms with Crippen molar-refractivity contribution >= 4 is 20.7 Å². The first-order valence-corrected chi connectivity index (χ1v) is 11.6. The molecule has 4 aromatic rings. The predicted octanol–water partition coefficient (Wildman–Crippen LogP) is 3.91. The van der Waals surface area contributed by atoms with Crippen LogP contribution >= 0.6 is 0 Å². The van der Waals surface area contributed by atoms with E-state index in [2.05, 4.69) is 0 Å². The van der Waals surface area contributed by atoms with E-state index >= 15 is 0 Å². The van der Waals surface area contributed by atoms with Crippen molar-refractivity contribution in [2.75, 3.05) is 14.2 Å². The highest BCUT2D eigenvalue weighted by Gasteiger charge is 2.25. The molecule has 0 aliphatic rings. The maximum atomic E-state index is 13.4. The minimum Gasteiger partial charge on any atom is -0.508 e. The quantitative estimate of drug-likeness (QED) is 0.464. The molecule has 0 radical (unpaired) electrons. The Morgan fingerprint density at radius 1 is 0.939 bits per heavy atom. The van der Waals surface area contributed by atoms with E-state index in [0.29, 0.717) is 23.6 Å². The second-order valence-corrected chi connectivity index (χ2v) is 9.52. The number of aryl methyl sites for hydroxylation is 1. The number of aromatic nitrogens is 1. The smallest absolute Gasteiger partial charge is 0.211 e. The SMILES string of the molecule is COc1cc2c(=O)c(S(=O)(=O)c3ccc(O)cc3)cn(Cc3ccccc3C)c2cc1OC. The van der Waals surface area contributed by atoms with Crippen LogP contribution in [0.3, 0.4) is 0 Å². The highest BCUT2D eigenvalue weighted by Crippen LogP contribution is 2.32. The standard InChI is InChI=1S/C25H23NO6S/c1-16-6-4-5-7-17(16)14-26-15-24(33(29,30)19-10-8-18(27)9-11-19)25(28)20-12-22(31-2)23(32-3)13-21(20)26/h4-13,15,27H,14H2,1-3H3. The Morgan fingerprint density at radius 2 is 1.58 bits per heavy atom. The van der Waals surface area contributed by atoms with Gasteiger partial charge in [0.25, 0.3) is 0 Å².